The summed E-state index contributed by atoms with van der Waals surface area (Å²) in [4.78, 5) is 14.5. The highest BCUT2D eigenvalue weighted by Gasteiger charge is 2.35. The Morgan fingerprint density at radius 3 is 2.88 bits per heavy atom. The van der Waals surface area contributed by atoms with E-state index in [2.05, 4.69) is 64.7 Å². The number of hydrogen-bond acceptors (Lipinski definition) is 4. The molecule has 3 nitrogen and oxygen atoms in total. The Balaban J connectivity index is 1.30. The molecule has 0 radical (unpaired) electrons. The number of rotatable bonds is 2. The van der Waals surface area contributed by atoms with Crippen molar-refractivity contribution < 1.29 is 0 Å². The third kappa shape index (κ3) is 2.66. The lowest BCUT2D eigenvalue weighted by Gasteiger charge is -2.36. The highest BCUT2D eigenvalue weighted by atomic mass is 32.1. The number of allylic oxidation sites excluding steroid dienone is 6. The van der Waals surface area contributed by atoms with Gasteiger partial charge in [0.1, 0.15) is 5.82 Å². The van der Waals surface area contributed by atoms with Gasteiger partial charge in [-0.2, -0.15) is 0 Å². The van der Waals surface area contributed by atoms with E-state index in [0.29, 0.717) is 5.92 Å². The van der Waals surface area contributed by atoms with Crippen LogP contribution < -0.4 is 4.90 Å². The molecule has 0 fully saturated rings. The fourth-order valence-corrected chi connectivity index (χ4v) is 6.65. The van der Waals surface area contributed by atoms with E-state index in [0.717, 1.165) is 36.3 Å². The summed E-state index contributed by atoms with van der Waals surface area (Å²) < 4.78 is 0. The molecule has 4 aliphatic rings. The molecule has 0 bridgehead atoms. The Hall–Kier alpha value is -3.50. The van der Waals surface area contributed by atoms with Crippen LogP contribution in [0.15, 0.2) is 90.1 Å². The van der Waals surface area contributed by atoms with Crippen LogP contribution in [0.2, 0.25) is 0 Å². The summed E-state index contributed by atoms with van der Waals surface area (Å²) in [6.45, 7) is 0. The standard InChI is InChI=1S/C28H21N3S/c1-2-10-25-20(6-1)22-16-18-13-15-31(24-9-5-7-21(27(18)24)28(22)32-25)26-12-11-19(17-30-26)23-8-3-4-14-29-23/h2-5,8-17,21H,1,6-7H2. The Kier molecular flexibility index (Phi) is 3.96. The van der Waals surface area contributed by atoms with Crippen LogP contribution in [0.5, 0.6) is 0 Å². The second-order valence-electron chi connectivity index (χ2n) is 8.56. The van der Waals surface area contributed by atoms with Crippen molar-refractivity contribution in [3.05, 3.63) is 111 Å². The molecule has 0 aromatic carbocycles. The van der Waals surface area contributed by atoms with Crippen LogP contribution >= 0.6 is 11.3 Å². The normalized spacial score (nSPS) is 20.1. The minimum absolute atomic E-state index is 0.439. The lowest BCUT2D eigenvalue weighted by molar-refractivity contribution is 0.791. The molecule has 32 heavy (non-hydrogen) atoms. The first-order valence-electron chi connectivity index (χ1n) is 11.2. The van der Waals surface area contributed by atoms with Gasteiger partial charge in [0.2, 0.25) is 0 Å². The van der Waals surface area contributed by atoms with E-state index in [1.807, 2.05) is 41.9 Å². The Bertz CT molecular complexity index is 1380. The molecule has 154 valence electrons. The molecule has 0 amide bonds. The largest absolute Gasteiger partial charge is 0.302 e. The van der Waals surface area contributed by atoms with E-state index in [1.165, 1.54) is 32.2 Å². The zero-order valence-corrected chi connectivity index (χ0v) is 18.3. The first-order valence-corrected chi connectivity index (χ1v) is 12.0. The maximum absolute atomic E-state index is 4.80. The molecule has 1 atom stereocenters. The minimum Gasteiger partial charge on any atom is -0.302 e. The number of aromatic nitrogens is 2. The molecule has 7 rings (SSSR count). The highest BCUT2D eigenvalue weighted by molar-refractivity contribution is 7.13. The van der Waals surface area contributed by atoms with E-state index in [-0.39, 0.29) is 0 Å². The quantitative estimate of drug-likeness (QED) is 0.442. The topological polar surface area (TPSA) is 29.0 Å². The van der Waals surface area contributed by atoms with Crippen LogP contribution in [0.3, 0.4) is 0 Å². The van der Waals surface area contributed by atoms with Crippen LogP contribution in [0.25, 0.3) is 23.4 Å². The predicted octanol–water partition coefficient (Wildman–Crippen LogP) is 6.89. The lowest BCUT2D eigenvalue weighted by atomic mass is 9.76. The van der Waals surface area contributed by atoms with E-state index < -0.39 is 0 Å². The molecule has 0 N–H and O–H groups in total. The van der Waals surface area contributed by atoms with Gasteiger partial charge in [-0.25, -0.2) is 4.98 Å². The van der Waals surface area contributed by atoms with Gasteiger partial charge in [-0.1, -0.05) is 18.2 Å². The monoisotopic (exact) mass is 431 g/mol. The summed E-state index contributed by atoms with van der Waals surface area (Å²) in [5.74, 6) is 1.38. The fraction of sp³-hybridized carbons (Fsp3) is 0.143. The summed E-state index contributed by atoms with van der Waals surface area (Å²) >= 11 is 1.99. The van der Waals surface area contributed by atoms with Crippen molar-refractivity contribution in [3.8, 4) is 11.3 Å². The summed E-state index contributed by atoms with van der Waals surface area (Å²) in [7, 11) is 0. The molecule has 0 saturated heterocycles. The maximum Gasteiger partial charge on any atom is 0.137 e. The average Bonchev–Trinajstić information content (AvgIpc) is 3.24. The van der Waals surface area contributed by atoms with Gasteiger partial charge >= 0.3 is 0 Å². The van der Waals surface area contributed by atoms with Gasteiger partial charge in [0.25, 0.3) is 0 Å². The van der Waals surface area contributed by atoms with Crippen LogP contribution in [0.1, 0.15) is 39.6 Å². The first-order chi connectivity index (χ1) is 15.9. The second-order valence-corrected chi connectivity index (χ2v) is 9.64. The van der Waals surface area contributed by atoms with Crippen molar-refractivity contribution >= 4 is 29.3 Å². The van der Waals surface area contributed by atoms with Crippen molar-refractivity contribution in [2.75, 3.05) is 4.90 Å². The molecule has 0 saturated carbocycles. The van der Waals surface area contributed by atoms with Crippen molar-refractivity contribution in [2.45, 2.75) is 25.2 Å². The smallest absolute Gasteiger partial charge is 0.137 e. The van der Waals surface area contributed by atoms with Crippen molar-refractivity contribution in [3.63, 3.8) is 0 Å². The number of anilines is 1. The van der Waals surface area contributed by atoms with Gasteiger partial charge in [-0.15, -0.1) is 11.3 Å². The molecule has 0 spiro atoms. The third-order valence-corrected chi connectivity index (χ3v) is 8.08. The van der Waals surface area contributed by atoms with Crippen LogP contribution in [0.4, 0.5) is 5.82 Å². The SMILES string of the molecule is C1=Cc2sc3c(c2CC1)C=C1C=CN(c2ccc(-c4ccccn4)cn2)C2=C1C3CC=C2. The summed E-state index contributed by atoms with van der Waals surface area (Å²) in [5, 5.41) is 0. The summed E-state index contributed by atoms with van der Waals surface area (Å²) in [5.41, 5.74) is 9.08. The molecular formula is C28H21N3S. The highest BCUT2D eigenvalue weighted by Crippen LogP contribution is 2.52. The zero-order chi connectivity index (χ0) is 21.1. The van der Waals surface area contributed by atoms with Gasteiger partial charge < -0.3 is 4.90 Å². The average molecular weight is 432 g/mol. The maximum atomic E-state index is 4.80. The predicted molar refractivity (Wildman–Crippen MR) is 132 cm³/mol. The van der Waals surface area contributed by atoms with Crippen molar-refractivity contribution in [1.29, 1.82) is 0 Å². The number of hydrogen-bond donors (Lipinski definition) is 0. The number of thiophene rings is 1. The Morgan fingerprint density at radius 2 is 2.00 bits per heavy atom. The molecule has 3 aromatic heterocycles. The van der Waals surface area contributed by atoms with Gasteiger partial charge in [0.15, 0.2) is 0 Å². The van der Waals surface area contributed by atoms with Crippen LogP contribution in [0, 0.1) is 0 Å². The van der Waals surface area contributed by atoms with Gasteiger partial charge in [-0.05, 0) is 90.1 Å². The van der Waals surface area contributed by atoms with Gasteiger partial charge in [0.05, 0.1) is 11.4 Å². The number of nitrogens with zero attached hydrogens (tertiary/aromatic N) is 3. The third-order valence-electron chi connectivity index (χ3n) is 6.76. The Labute approximate surface area is 191 Å². The van der Waals surface area contributed by atoms with Crippen LogP contribution in [-0.2, 0) is 6.42 Å². The van der Waals surface area contributed by atoms with E-state index in [9.17, 15) is 0 Å². The van der Waals surface area contributed by atoms with Crippen molar-refractivity contribution in [2.24, 2.45) is 0 Å². The fourth-order valence-electron chi connectivity index (χ4n) is 5.26. The number of fused-ring (bicyclic) bond motifs is 4. The summed E-state index contributed by atoms with van der Waals surface area (Å²) in [6, 6.07) is 10.2. The first kappa shape index (κ1) is 18.1. The van der Waals surface area contributed by atoms with Gasteiger partial charge in [0, 0.05) is 39.8 Å². The lowest BCUT2D eigenvalue weighted by Crippen LogP contribution is -2.26. The number of pyridine rings is 2. The van der Waals surface area contributed by atoms with E-state index in [4.69, 9.17) is 4.98 Å². The van der Waals surface area contributed by atoms with Crippen LogP contribution in [-0.4, -0.2) is 9.97 Å². The van der Waals surface area contributed by atoms with Crippen molar-refractivity contribution in [1.82, 2.24) is 9.97 Å². The molecule has 4 heterocycles. The molecule has 1 aliphatic heterocycles. The minimum atomic E-state index is 0.439. The van der Waals surface area contributed by atoms with E-state index in [1.54, 1.807) is 5.56 Å². The second kappa shape index (κ2) is 7.01. The zero-order valence-electron chi connectivity index (χ0n) is 17.5. The molecular weight excluding hydrogens is 410 g/mol. The molecule has 1 unspecified atom stereocenters. The Morgan fingerprint density at radius 1 is 1.00 bits per heavy atom. The molecule has 4 heteroatoms. The van der Waals surface area contributed by atoms with Gasteiger partial charge in [-0.3, -0.25) is 4.98 Å². The molecule has 3 aromatic rings. The molecule has 3 aliphatic carbocycles. The summed E-state index contributed by atoms with van der Waals surface area (Å²) in [6.07, 6.45) is 23.2. The van der Waals surface area contributed by atoms with E-state index >= 15 is 0 Å².